The summed E-state index contributed by atoms with van der Waals surface area (Å²) in [6, 6.07) is 20.2. The second-order valence-corrected chi connectivity index (χ2v) is 10.6. The molecule has 0 bridgehead atoms. The SMILES string of the molecule is COCCN(CCO)Cc1ccc(-n2nc(C(C)(C)C)cc2NC(=O)Nc2ccc(Oc3ccncc3)cc2)cc1. The Morgan fingerprint density at radius 1 is 0.951 bits per heavy atom. The Morgan fingerprint density at radius 3 is 2.27 bits per heavy atom. The van der Waals surface area contributed by atoms with E-state index in [0.29, 0.717) is 42.7 Å². The van der Waals surface area contributed by atoms with E-state index in [1.807, 2.05) is 30.3 Å². The van der Waals surface area contributed by atoms with E-state index in [1.165, 1.54) is 0 Å². The number of urea groups is 1. The third kappa shape index (κ3) is 8.62. The van der Waals surface area contributed by atoms with Gasteiger partial charge in [0.2, 0.25) is 0 Å². The minimum Gasteiger partial charge on any atom is -0.457 e. The number of anilines is 2. The Labute approximate surface area is 240 Å². The molecule has 2 heterocycles. The Kier molecular flexibility index (Phi) is 10.1. The van der Waals surface area contributed by atoms with Crippen LogP contribution >= 0.6 is 0 Å². The number of hydrogen-bond donors (Lipinski definition) is 3. The van der Waals surface area contributed by atoms with Gasteiger partial charge in [0.25, 0.3) is 0 Å². The summed E-state index contributed by atoms with van der Waals surface area (Å²) in [6.45, 7) is 8.93. The van der Waals surface area contributed by atoms with Gasteiger partial charge in [-0.25, -0.2) is 9.48 Å². The molecule has 0 unspecified atom stereocenters. The summed E-state index contributed by atoms with van der Waals surface area (Å²) in [7, 11) is 1.67. The van der Waals surface area contributed by atoms with Crippen LogP contribution in [-0.4, -0.2) is 64.2 Å². The van der Waals surface area contributed by atoms with Crippen LogP contribution in [0.4, 0.5) is 16.3 Å². The molecule has 41 heavy (non-hydrogen) atoms. The number of methoxy groups -OCH3 is 1. The number of aliphatic hydroxyl groups excluding tert-OH is 1. The lowest BCUT2D eigenvalue weighted by atomic mass is 9.92. The van der Waals surface area contributed by atoms with Crippen LogP contribution in [0, 0.1) is 0 Å². The van der Waals surface area contributed by atoms with Gasteiger partial charge in [0.15, 0.2) is 0 Å². The molecule has 2 amide bonds. The Bertz CT molecular complexity index is 1380. The predicted octanol–water partition coefficient (Wildman–Crippen LogP) is 5.44. The molecule has 0 aliphatic carbocycles. The molecule has 216 valence electrons. The van der Waals surface area contributed by atoms with Gasteiger partial charge < -0.3 is 19.9 Å². The standard InChI is InChI=1S/C31H38N6O4/c1-31(2,3)28-21-29(34-30(39)33-24-7-11-26(12-8-24)41-27-13-15-32-16-14-27)37(35-28)25-9-5-23(6-10-25)22-36(17-19-38)18-20-40-4/h5-16,21,38H,17-20,22H2,1-4H3,(H2,33,34,39). The van der Waals surface area contributed by atoms with Crippen molar-refractivity contribution in [2.45, 2.75) is 32.7 Å². The molecule has 0 aliphatic rings. The van der Waals surface area contributed by atoms with E-state index in [1.54, 1.807) is 60.6 Å². The summed E-state index contributed by atoms with van der Waals surface area (Å²) in [4.78, 5) is 19.1. The van der Waals surface area contributed by atoms with E-state index in [0.717, 1.165) is 23.5 Å². The van der Waals surface area contributed by atoms with Crippen LogP contribution in [0.1, 0.15) is 32.0 Å². The van der Waals surface area contributed by atoms with E-state index in [-0.39, 0.29) is 18.1 Å². The summed E-state index contributed by atoms with van der Waals surface area (Å²) in [5.41, 5.74) is 3.18. The van der Waals surface area contributed by atoms with Gasteiger partial charge in [-0.3, -0.25) is 15.2 Å². The number of aromatic nitrogens is 3. The molecule has 3 N–H and O–H groups in total. The quantitative estimate of drug-likeness (QED) is 0.212. The number of aliphatic hydroxyl groups is 1. The fraction of sp³-hybridized carbons (Fsp3) is 0.323. The van der Waals surface area contributed by atoms with Crippen LogP contribution in [0.3, 0.4) is 0 Å². The fourth-order valence-electron chi connectivity index (χ4n) is 4.09. The van der Waals surface area contributed by atoms with Crippen molar-refractivity contribution in [3.05, 3.63) is 90.4 Å². The van der Waals surface area contributed by atoms with Gasteiger partial charge in [0.1, 0.15) is 17.3 Å². The first-order valence-corrected chi connectivity index (χ1v) is 13.5. The minimum atomic E-state index is -0.385. The maximum Gasteiger partial charge on any atom is 0.324 e. The van der Waals surface area contributed by atoms with E-state index >= 15 is 0 Å². The number of nitrogens with zero attached hydrogens (tertiary/aromatic N) is 4. The number of nitrogens with one attached hydrogen (secondary N) is 2. The molecule has 10 nitrogen and oxygen atoms in total. The van der Waals surface area contributed by atoms with Crippen LogP contribution in [0.2, 0.25) is 0 Å². The fourth-order valence-corrected chi connectivity index (χ4v) is 4.09. The van der Waals surface area contributed by atoms with Crippen molar-refractivity contribution in [3.8, 4) is 17.2 Å². The van der Waals surface area contributed by atoms with Gasteiger partial charge >= 0.3 is 6.03 Å². The third-order valence-corrected chi connectivity index (χ3v) is 6.33. The summed E-state index contributed by atoms with van der Waals surface area (Å²) in [5, 5.41) is 20.0. The molecular formula is C31H38N6O4. The molecule has 0 saturated carbocycles. The van der Waals surface area contributed by atoms with Gasteiger partial charge in [-0.2, -0.15) is 5.10 Å². The number of pyridine rings is 1. The lowest BCUT2D eigenvalue weighted by molar-refractivity contribution is 0.127. The molecule has 4 rings (SSSR count). The molecule has 10 heteroatoms. The van der Waals surface area contributed by atoms with E-state index in [2.05, 4.69) is 41.3 Å². The van der Waals surface area contributed by atoms with Crippen molar-refractivity contribution in [1.29, 1.82) is 0 Å². The van der Waals surface area contributed by atoms with Crippen molar-refractivity contribution >= 4 is 17.5 Å². The largest absolute Gasteiger partial charge is 0.457 e. The third-order valence-electron chi connectivity index (χ3n) is 6.33. The second kappa shape index (κ2) is 13.9. The summed E-state index contributed by atoms with van der Waals surface area (Å²) >= 11 is 0. The Morgan fingerprint density at radius 2 is 1.63 bits per heavy atom. The highest BCUT2D eigenvalue weighted by Crippen LogP contribution is 2.27. The van der Waals surface area contributed by atoms with Crippen LogP contribution in [0.5, 0.6) is 11.5 Å². The van der Waals surface area contributed by atoms with Crippen molar-refractivity contribution < 1.29 is 19.4 Å². The van der Waals surface area contributed by atoms with Crippen molar-refractivity contribution in [2.24, 2.45) is 0 Å². The monoisotopic (exact) mass is 558 g/mol. The first-order valence-electron chi connectivity index (χ1n) is 13.5. The van der Waals surface area contributed by atoms with Gasteiger partial charge in [0.05, 0.1) is 24.6 Å². The number of hydrogen-bond acceptors (Lipinski definition) is 7. The first-order chi connectivity index (χ1) is 19.7. The molecule has 0 aliphatic heterocycles. The highest BCUT2D eigenvalue weighted by molar-refractivity contribution is 5.99. The molecular weight excluding hydrogens is 520 g/mol. The predicted molar refractivity (Wildman–Crippen MR) is 160 cm³/mol. The summed E-state index contributed by atoms with van der Waals surface area (Å²) in [5.74, 6) is 1.89. The second-order valence-electron chi connectivity index (χ2n) is 10.6. The molecule has 0 saturated heterocycles. The number of carbonyl (C=O) groups is 1. The molecule has 2 aromatic heterocycles. The average molecular weight is 559 g/mol. The van der Waals surface area contributed by atoms with Gasteiger partial charge in [-0.05, 0) is 54.1 Å². The summed E-state index contributed by atoms with van der Waals surface area (Å²) < 4.78 is 12.7. The zero-order valence-corrected chi connectivity index (χ0v) is 24.0. The highest BCUT2D eigenvalue weighted by atomic mass is 16.5. The van der Waals surface area contributed by atoms with E-state index < -0.39 is 0 Å². The van der Waals surface area contributed by atoms with Crippen molar-refractivity contribution in [3.63, 3.8) is 0 Å². The molecule has 0 spiro atoms. The van der Waals surface area contributed by atoms with Gasteiger partial charge in [0, 0.05) is 56.3 Å². The van der Waals surface area contributed by atoms with Crippen LogP contribution in [0.15, 0.2) is 79.1 Å². The van der Waals surface area contributed by atoms with Crippen LogP contribution in [0.25, 0.3) is 5.69 Å². The Hall–Kier alpha value is -4.25. The maximum absolute atomic E-state index is 13.0. The molecule has 0 atom stereocenters. The van der Waals surface area contributed by atoms with Gasteiger partial charge in [-0.15, -0.1) is 0 Å². The smallest absolute Gasteiger partial charge is 0.324 e. The van der Waals surface area contributed by atoms with E-state index in [4.69, 9.17) is 14.6 Å². The van der Waals surface area contributed by atoms with Crippen LogP contribution < -0.4 is 15.4 Å². The normalized spacial score (nSPS) is 11.5. The number of ether oxygens (including phenoxy) is 2. The van der Waals surface area contributed by atoms with Crippen molar-refractivity contribution in [2.75, 3.05) is 44.0 Å². The zero-order valence-electron chi connectivity index (χ0n) is 24.0. The number of rotatable bonds is 12. The molecule has 0 fully saturated rings. The topological polar surface area (TPSA) is 114 Å². The first kappa shape index (κ1) is 29.7. The zero-order chi connectivity index (χ0) is 29.2. The molecule has 4 aromatic rings. The average Bonchev–Trinajstić information content (AvgIpc) is 3.38. The van der Waals surface area contributed by atoms with Gasteiger partial charge in [-0.1, -0.05) is 32.9 Å². The number of benzene rings is 2. The van der Waals surface area contributed by atoms with Crippen molar-refractivity contribution in [1.82, 2.24) is 19.7 Å². The number of carbonyl (C=O) groups excluding carboxylic acids is 1. The maximum atomic E-state index is 13.0. The minimum absolute atomic E-state index is 0.0886. The molecule has 0 radical (unpaired) electrons. The van der Waals surface area contributed by atoms with Crippen LogP contribution in [-0.2, 0) is 16.7 Å². The summed E-state index contributed by atoms with van der Waals surface area (Å²) in [6.07, 6.45) is 3.33. The Balaban J connectivity index is 1.46. The van der Waals surface area contributed by atoms with E-state index in [9.17, 15) is 9.90 Å². The molecule has 2 aromatic carbocycles. The lowest BCUT2D eigenvalue weighted by Crippen LogP contribution is -2.29. The lowest BCUT2D eigenvalue weighted by Gasteiger charge is -2.21. The number of amides is 2. The highest BCUT2D eigenvalue weighted by Gasteiger charge is 2.22.